The second-order valence-electron chi connectivity index (χ2n) is 1.80. The zero-order chi connectivity index (χ0) is 5.98. The zero-order valence-corrected chi connectivity index (χ0v) is 4.46. The second-order valence-corrected chi connectivity index (χ2v) is 1.80. The van der Waals surface area contributed by atoms with E-state index in [0.29, 0.717) is 6.42 Å². The van der Waals surface area contributed by atoms with Crippen molar-refractivity contribution in [1.82, 2.24) is 0 Å². The first kappa shape index (κ1) is 5.22. The highest BCUT2D eigenvalue weighted by molar-refractivity contribution is 5.17. The van der Waals surface area contributed by atoms with E-state index in [0.717, 1.165) is 6.42 Å². The largest absolute Gasteiger partial charge is 0.512 e. The predicted molar refractivity (Wildman–Crippen MR) is 30.7 cm³/mol. The molecule has 0 atom stereocenters. The van der Waals surface area contributed by atoms with Gasteiger partial charge < -0.3 is 10.2 Å². The van der Waals surface area contributed by atoms with Crippen LogP contribution in [-0.2, 0) is 0 Å². The zero-order valence-electron chi connectivity index (χ0n) is 4.46. The van der Waals surface area contributed by atoms with E-state index >= 15 is 0 Å². The molecule has 1 aliphatic rings. The van der Waals surface area contributed by atoms with Gasteiger partial charge >= 0.3 is 0 Å². The molecule has 0 amide bonds. The number of hydrogen-bond acceptors (Lipinski definition) is 2. The topological polar surface area (TPSA) is 40.5 Å². The van der Waals surface area contributed by atoms with Crippen molar-refractivity contribution in [2.75, 3.05) is 0 Å². The van der Waals surface area contributed by atoms with Crippen LogP contribution < -0.4 is 0 Å². The molecular formula is C6H8O2. The maximum atomic E-state index is 8.74. The molecule has 0 unspecified atom stereocenters. The van der Waals surface area contributed by atoms with Gasteiger partial charge in [-0.2, -0.15) is 0 Å². The van der Waals surface area contributed by atoms with E-state index in [4.69, 9.17) is 10.2 Å². The summed E-state index contributed by atoms with van der Waals surface area (Å²) in [7, 11) is 0. The van der Waals surface area contributed by atoms with Crippen LogP contribution in [0.2, 0.25) is 0 Å². The van der Waals surface area contributed by atoms with E-state index in [1.165, 1.54) is 6.08 Å². The van der Waals surface area contributed by atoms with Gasteiger partial charge in [-0.15, -0.1) is 0 Å². The molecule has 0 bridgehead atoms. The van der Waals surface area contributed by atoms with Crippen molar-refractivity contribution < 1.29 is 10.2 Å². The molecule has 2 nitrogen and oxygen atoms in total. The minimum absolute atomic E-state index is 0.175. The first-order valence-electron chi connectivity index (χ1n) is 2.58. The van der Waals surface area contributed by atoms with Crippen LogP contribution in [0.3, 0.4) is 0 Å². The van der Waals surface area contributed by atoms with Crippen LogP contribution in [0, 0.1) is 0 Å². The molecule has 0 aromatic rings. The third-order valence-corrected chi connectivity index (χ3v) is 1.07. The van der Waals surface area contributed by atoms with E-state index in [2.05, 4.69) is 0 Å². The number of aliphatic hydroxyl groups is 2. The van der Waals surface area contributed by atoms with Gasteiger partial charge in [-0.3, -0.25) is 0 Å². The van der Waals surface area contributed by atoms with Crippen LogP contribution in [0.25, 0.3) is 0 Å². The number of allylic oxidation sites excluding steroid dienone is 3. The Morgan fingerprint density at radius 2 is 2.12 bits per heavy atom. The Balaban J connectivity index is 2.69. The lowest BCUT2D eigenvalue weighted by Gasteiger charge is -2.02. The van der Waals surface area contributed by atoms with Crippen LogP contribution >= 0.6 is 0 Å². The fraction of sp³-hybridized carbons (Fsp3) is 0.333. The standard InChI is InChI=1S/C6H8O2/c7-5-2-1-3-6(8)4-5/h2,4,7-8H,1,3H2. The molecule has 0 heterocycles. The molecule has 1 aliphatic carbocycles. The lowest BCUT2D eigenvalue weighted by molar-refractivity contribution is 0.364. The molecule has 8 heavy (non-hydrogen) atoms. The van der Waals surface area contributed by atoms with Gasteiger partial charge in [-0.25, -0.2) is 0 Å². The molecule has 2 heteroatoms. The van der Waals surface area contributed by atoms with E-state index in [-0.39, 0.29) is 11.5 Å². The maximum absolute atomic E-state index is 8.74. The van der Waals surface area contributed by atoms with Crippen molar-refractivity contribution in [1.29, 1.82) is 0 Å². The maximum Gasteiger partial charge on any atom is 0.114 e. The number of rotatable bonds is 0. The van der Waals surface area contributed by atoms with Crippen molar-refractivity contribution in [3.63, 3.8) is 0 Å². The highest BCUT2D eigenvalue weighted by atomic mass is 16.3. The molecule has 0 fully saturated rings. The smallest absolute Gasteiger partial charge is 0.114 e. The molecule has 2 N–H and O–H groups in total. The van der Waals surface area contributed by atoms with Crippen molar-refractivity contribution in [3.8, 4) is 0 Å². The lowest BCUT2D eigenvalue weighted by Crippen LogP contribution is -1.89. The van der Waals surface area contributed by atoms with Gasteiger partial charge in [0.05, 0.1) is 5.76 Å². The van der Waals surface area contributed by atoms with Gasteiger partial charge in [0.2, 0.25) is 0 Å². The number of aliphatic hydroxyl groups excluding tert-OH is 2. The quantitative estimate of drug-likeness (QED) is 0.500. The summed E-state index contributed by atoms with van der Waals surface area (Å²) in [4.78, 5) is 0. The van der Waals surface area contributed by atoms with Crippen molar-refractivity contribution >= 4 is 0 Å². The summed E-state index contributed by atoms with van der Waals surface area (Å²) in [6, 6.07) is 0. The molecule has 0 aromatic heterocycles. The van der Waals surface area contributed by atoms with Gasteiger partial charge in [0, 0.05) is 12.5 Å². The molecular weight excluding hydrogens is 104 g/mol. The summed E-state index contributed by atoms with van der Waals surface area (Å²) in [5.74, 6) is 0.443. The summed E-state index contributed by atoms with van der Waals surface area (Å²) in [6.45, 7) is 0. The van der Waals surface area contributed by atoms with E-state index < -0.39 is 0 Å². The summed E-state index contributed by atoms with van der Waals surface area (Å²) in [5, 5.41) is 17.4. The third-order valence-electron chi connectivity index (χ3n) is 1.07. The fourth-order valence-corrected chi connectivity index (χ4v) is 0.670. The van der Waals surface area contributed by atoms with Gasteiger partial charge in [0.25, 0.3) is 0 Å². The molecule has 0 radical (unpaired) electrons. The molecule has 0 aliphatic heterocycles. The number of hydrogen-bond donors (Lipinski definition) is 2. The molecule has 0 aromatic carbocycles. The molecule has 0 spiro atoms. The van der Waals surface area contributed by atoms with Crippen LogP contribution in [0.15, 0.2) is 23.7 Å². The minimum Gasteiger partial charge on any atom is -0.512 e. The Morgan fingerprint density at radius 3 is 2.50 bits per heavy atom. The molecule has 0 saturated carbocycles. The van der Waals surface area contributed by atoms with Crippen LogP contribution in [-0.4, -0.2) is 10.2 Å². The highest BCUT2D eigenvalue weighted by Gasteiger charge is 1.99. The van der Waals surface area contributed by atoms with Crippen molar-refractivity contribution in [2.45, 2.75) is 12.8 Å². The Labute approximate surface area is 47.8 Å². The second kappa shape index (κ2) is 1.90. The van der Waals surface area contributed by atoms with Crippen molar-refractivity contribution in [3.05, 3.63) is 23.7 Å². The van der Waals surface area contributed by atoms with Crippen LogP contribution in [0.4, 0.5) is 0 Å². The SMILES string of the molecule is OC1=CCCC(O)=C1. The molecule has 44 valence electrons. The summed E-state index contributed by atoms with van der Waals surface area (Å²) < 4.78 is 0. The first-order chi connectivity index (χ1) is 3.79. The van der Waals surface area contributed by atoms with Crippen molar-refractivity contribution in [2.24, 2.45) is 0 Å². The van der Waals surface area contributed by atoms with Gasteiger partial charge in [0.1, 0.15) is 5.76 Å². The Morgan fingerprint density at radius 1 is 1.38 bits per heavy atom. The average Bonchev–Trinajstić information content (AvgIpc) is 1.64. The fourth-order valence-electron chi connectivity index (χ4n) is 0.670. The van der Waals surface area contributed by atoms with Gasteiger partial charge in [-0.05, 0) is 12.5 Å². The normalized spacial score (nSPS) is 19.5. The Kier molecular flexibility index (Phi) is 1.24. The summed E-state index contributed by atoms with van der Waals surface area (Å²) >= 11 is 0. The first-order valence-corrected chi connectivity index (χ1v) is 2.58. The lowest BCUT2D eigenvalue weighted by atomic mass is 10.1. The molecule has 1 rings (SSSR count). The highest BCUT2D eigenvalue weighted by Crippen LogP contribution is 2.11. The molecule has 0 saturated heterocycles. The summed E-state index contributed by atoms with van der Waals surface area (Å²) in [5.41, 5.74) is 0. The van der Waals surface area contributed by atoms with Gasteiger partial charge in [-0.1, -0.05) is 0 Å². The van der Waals surface area contributed by atoms with Crippen LogP contribution in [0.5, 0.6) is 0 Å². The third kappa shape index (κ3) is 1.03. The average molecular weight is 112 g/mol. The Bertz CT molecular complexity index is 145. The van der Waals surface area contributed by atoms with E-state index in [9.17, 15) is 0 Å². The summed E-state index contributed by atoms with van der Waals surface area (Å²) in [6.07, 6.45) is 4.45. The van der Waals surface area contributed by atoms with Gasteiger partial charge in [0.15, 0.2) is 0 Å². The van der Waals surface area contributed by atoms with E-state index in [1.807, 2.05) is 0 Å². The predicted octanol–water partition coefficient (Wildman–Crippen LogP) is 1.66. The van der Waals surface area contributed by atoms with Crippen LogP contribution in [0.1, 0.15) is 12.8 Å². The Hall–Kier alpha value is -0.920. The monoisotopic (exact) mass is 112 g/mol. The minimum atomic E-state index is 0.175. The van der Waals surface area contributed by atoms with E-state index in [1.54, 1.807) is 6.08 Å².